The number of aromatic amines is 1. The first-order valence-corrected chi connectivity index (χ1v) is 13.0. The van der Waals surface area contributed by atoms with Gasteiger partial charge in [0.15, 0.2) is 11.6 Å². The molecule has 5 aromatic rings. The third-order valence-electron chi connectivity index (χ3n) is 5.95. The van der Waals surface area contributed by atoms with Gasteiger partial charge in [-0.1, -0.05) is 25.1 Å². The number of halogens is 3. The van der Waals surface area contributed by atoms with Crippen LogP contribution in [0.5, 0.6) is 0 Å². The number of carbonyl (C=O) groups is 1. The Morgan fingerprint density at radius 1 is 0.973 bits per heavy atom. The molecule has 0 amide bonds. The van der Waals surface area contributed by atoms with Crippen molar-refractivity contribution in [3.8, 4) is 11.1 Å². The van der Waals surface area contributed by atoms with Crippen LogP contribution < -0.4 is 4.72 Å². The van der Waals surface area contributed by atoms with E-state index in [-0.39, 0.29) is 11.3 Å². The van der Waals surface area contributed by atoms with Crippen LogP contribution >= 0.6 is 0 Å². The number of hydrogen-bond donors (Lipinski definition) is 2. The molecule has 0 radical (unpaired) electrons. The molecule has 0 aliphatic carbocycles. The molecule has 5 rings (SSSR count). The second-order valence-corrected chi connectivity index (χ2v) is 10.4. The number of nitrogens with zero attached hydrogens (tertiary/aromatic N) is 1. The highest BCUT2D eigenvalue weighted by molar-refractivity contribution is 7.92. The fourth-order valence-electron chi connectivity index (χ4n) is 4.23. The number of hydrogen-bond acceptors (Lipinski definition) is 4. The molecule has 2 heterocycles. The summed E-state index contributed by atoms with van der Waals surface area (Å²) in [5.41, 5.74) is 0.579. The van der Waals surface area contributed by atoms with Gasteiger partial charge >= 0.3 is 0 Å². The van der Waals surface area contributed by atoms with Gasteiger partial charge in [-0.05, 0) is 48.9 Å². The summed E-state index contributed by atoms with van der Waals surface area (Å²) in [5.74, 6) is -4.05. The third-order valence-corrected chi connectivity index (χ3v) is 7.43. The van der Waals surface area contributed by atoms with Gasteiger partial charge in [0, 0.05) is 39.2 Å². The topological polar surface area (TPSA) is 91.9 Å². The fraction of sp³-hybridized carbons (Fsp3) is 0.111. The fourth-order valence-corrected chi connectivity index (χ4v) is 5.36. The molecule has 0 aliphatic rings. The van der Waals surface area contributed by atoms with Crippen molar-refractivity contribution < 1.29 is 26.4 Å². The van der Waals surface area contributed by atoms with Crippen molar-refractivity contribution in [2.24, 2.45) is 0 Å². The Labute approximate surface area is 210 Å². The molecule has 0 saturated heterocycles. The van der Waals surface area contributed by atoms with Crippen LogP contribution in [0, 0.1) is 17.5 Å². The summed E-state index contributed by atoms with van der Waals surface area (Å²) >= 11 is 0. The summed E-state index contributed by atoms with van der Waals surface area (Å²) in [6.45, 7) is 1.64. The third kappa shape index (κ3) is 4.55. The molecule has 0 spiro atoms. The minimum Gasteiger partial charge on any atom is -0.339 e. The van der Waals surface area contributed by atoms with Crippen molar-refractivity contribution in [1.29, 1.82) is 0 Å². The smallest absolute Gasteiger partial charge is 0.232 e. The first-order chi connectivity index (χ1) is 17.7. The molecule has 0 saturated carbocycles. The highest BCUT2D eigenvalue weighted by Crippen LogP contribution is 2.32. The number of anilines is 1. The van der Waals surface area contributed by atoms with Gasteiger partial charge in [-0.25, -0.2) is 26.6 Å². The van der Waals surface area contributed by atoms with Gasteiger partial charge in [0.25, 0.3) is 0 Å². The predicted octanol–water partition coefficient (Wildman–Crippen LogP) is 6.18. The lowest BCUT2D eigenvalue weighted by Crippen LogP contribution is -2.18. The van der Waals surface area contributed by atoms with Gasteiger partial charge in [-0.3, -0.25) is 9.52 Å². The largest absolute Gasteiger partial charge is 0.339 e. The first kappa shape index (κ1) is 24.5. The number of nitrogens with one attached hydrogen (secondary N) is 2. The molecule has 10 heteroatoms. The molecule has 0 unspecified atom stereocenters. The Hall–Kier alpha value is -4.18. The van der Waals surface area contributed by atoms with E-state index in [1.807, 2.05) is 0 Å². The molecular formula is C27H20F3N3O3S. The molecule has 0 atom stereocenters. The van der Waals surface area contributed by atoms with Crippen molar-refractivity contribution in [2.75, 3.05) is 10.5 Å². The van der Waals surface area contributed by atoms with Crippen LogP contribution in [0.1, 0.15) is 29.3 Å². The molecule has 37 heavy (non-hydrogen) atoms. The number of benzene rings is 3. The highest BCUT2D eigenvalue weighted by atomic mass is 32.2. The maximum atomic E-state index is 15.2. The van der Waals surface area contributed by atoms with Gasteiger partial charge in [0.1, 0.15) is 17.3 Å². The molecule has 0 aliphatic heterocycles. The first-order valence-electron chi connectivity index (χ1n) is 11.4. The van der Waals surface area contributed by atoms with E-state index in [9.17, 15) is 22.0 Å². The maximum Gasteiger partial charge on any atom is 0.232 e. The molecular weight excluding hydrogens is 503 g/mol. The molecule has 6 nitrogen and oxygen atoms in total. The van der Waals surface area contributed by atoms with Crippen molar-refractivity contribution in [2.45, 2.75) is 13.3 Å². The summed E-state index contributed by atoms with van der Waals surface area (Å²) in [7, 11) is -3.86. The second kappa shape index (κ2) is 9.36. The number of ketones is 1. The molecule has 0 bridgehead atoms. The number of aromatic nitrogens is 2. The lowest BCUT2D eigenvalue weighted by atomic mass is 9.99. The van der Waals surface area contributed by atoms with E-state index in [0.29, 0.717) is 39.5 Å². The SMILES string of the molecule is CCCS(=O)(=O)Nc1ccc(F)c(C(=O)c2ccc3[nH]c4ncc(-c5ccccc5F)cc4c3c2)c1F. The van der Waals surface area contributed by atoms with E-state index in [4.69, 9.17) is 0 Å². The number of H-pyrrole nitrogens is 1. The monoisotopic (exact) mass is 523 g/mol. The lowest BCUT2D eigenvalue weighted by molar-refractivity contribution is 0.103. The van der Waals surface area contributed by atoms with E-state index in [0.717, 1.165) is 12.1 Å². The number of carbonyl (C=O) groups excluding carboxylic acids is 1. The zero-order chi connectivity index (χ0) is 26.3. The average molecular weight is 524 g/mol. The Morgan fingerprint density at radius 2 is 1.76 bits per heavy atom. The van der Waals surface area contributed by atoms with Gasteiger partial charge in [-0.15, -0.1) is 0 Å². The van der Waals surface area contributed by atoms with Gasteiger partial charge in [0.2, 0.25) is 10.0 Å². The summed E-state index contributed by atoms with van der Waals surface area (Å²) < 4.78 is 70.4. The predicted molar refractivity (Wildman–Crippen MR) is 136 cm³/mol. The van der Waals surface area contributed by atoms with E-state index in [1.54, 1.807) is 37.3 Å². The molecule has 2 N–H and O–H groups in total. The van der Waals surface area contributed by atoms with Crippen LogP contribution in [0.15, 0.2) is 66.9 Å². The van der Waals surface area contributed by atoms with Crippen molar-refractivity contribution in [3.05, 3.63) is 95.4 Å². The van der Waals surface area contributed by atoms with Gasteiger partial charge < -0.3 is 4.98 Å². The summed E-state index contributed by atoms with van der Waals surface area (Å²) in [6.07, 6.45) is 1.82. The number of pyridine rings is 1. The van der Waals surface area contributed by atoms with Crippen molar-refractivity contribution in [1.82, 2.24) is 9.97 Å². The highest BCUT2D eigenvalue weighted by Gasteiger charge is 2.24. The van der Waals surface area contributed by atoms with E-state index >= 15 is 4.39 Å². The minimum absolute atomic E-state index is 0.0175. The minimum atomic E-state index is -3.86. The number of fused-ring (bicyclic) bond motifs is 3. The Kier molecular flexibility index (Phi) is 6.20. The van der Waals surface area contributed by atoms with Gasteiger partial charge in [-0.2, -0.15) is 0 Å². The van der Waals surface area contributed by atoms with Crippen LogP contribution in [0.2, 0.25) is 0 Å². The van der Waals surface area contributed by atoms with E-state index in [1.165, 1.54) is 24.4 Å². The van der Waals surface area contributed by atoms with Crippen LogP contribution in [-0.4, -0.2) is 29.9 Å². The summed E-state index contributed by atoms with van der Waals surface area (Å²) in [6, 6.07) is 14.2. The zero-order valence-electron chi connectivity index (χ0n) is 19.5. The van der Waals surface area contributed by atoms with E-state index < -0.39 is 44.5 Å². The lowest BCUT2D eigenvalue weighted by Gasteiger charge is -2.11. The Balaban J connectivity index is 1.59. The quantitative estimate of drug-likeness (QED) is 0.249. The molecule has 0 fully saturated rings. The normalized spacial score (nSPS) is 11.8. The zero-order valence-corrected chi connectivity index (χ0v) is 20.3. The molecule has 3 aromatic carbocycles. The van der Waals surface area contributed by atoms with E-state index in [2.05, 4.69) is 14.7 Å². The summed E-state index contributed by atoms with van der Waals surface area (Å²) in [5, 5.41) is 1.14. The maximum absolute atomic E-state index is 15.2. The van der Waals surface area contributed by atoms with Crippen LogP contribution in [-0.2, 0) is 10.0 Å². The molecule has 188 valence electrons. The second-order valence-electron chi connectivity index (χ2n) is 8.52. The standard InChI is InChI=1S/C27H20F3N3O3S/c1-2-11-37(35,36)33-23-10-8-21(29)24(25(23)30)26(34)15-7-9-22-18(12-15)19-13-16(14-31-27(19)32-22)17-5-3-4-6-20(17)28/h3-10,12-14,33H,2,11H2,1H3,(H,31,32). The Morgan fingerprint density at radius 3 is 2.51 bits per heavy atom. The summed E-state index contributed by atoms with van der Waals surface area (Å²) in [4.78, 5) is 20.7. The van der Waals surface area contributed by atoms with Crippen LogP contribution in [0.25, 0.3) is 33.1 Å². The average Bonchev–Trinajstić information content (AvgIpc) is 3.23. The van der Waals surface area contributed by atoms with Gasteiger partial charge in [0.05, 0.1) is 17.0 Å². The number of sulfonamides is 1. The van der Waals surface area contributed by atoms with Crippen LogP contribution in [0.4, 0.5) is 18.9 Å². The van der Waals surface area contributed by atoms with Crippen molar-refractivity contribution >= 4 is 43.4 Å². The molecule has 2 aromatic heterocycles. The Bertz CT molecular complexity index is 1800. The van der Waals surface area contributed by atoms with Crippen molar-refractivity contribution in [3.63, 3.8) is 0 Å². The van der Waals surface area contributed by atoms with Crippen LogP contribution in [0.3, 0.4) is 0 Å². The number of rotatable bonds is 7.